The third-order valence-electron chi connectivity index (χ3n) is 2.80. The third kappa shape index (κ3) is 2.47. The van der Waals surface area contributed by atoms with Gasteiger partial charge in [0.15, 0.2) is 5.65 Å². The fourth-order valence-electron chi connectivity index (χ4n) is 1.92. The summed E-state index contributed by atoms with van der Waals surface area (Å²) >= 11 is 5.15. The van der Waals surface area contributed by atoms with Crippen LogP contribution in [0.25, 0.3) is 11.0 Å². The lowest BCUT2D eigenvalue weighted by Gasteiger charge is -2.18. The molecule has 3 aromatic heterocycles. The molecule has 0 amide bonds. The van der Waals surface area contributed by atoms with Crippen molar-refractivity contribution in [2.75, 3.05) is 17.4 Å². The van der Waals surface area contributed by atoms with Crippen LogP contribution in [-0.2, 0) is 6.54 Å². The van der Waals surface area contributed by atoms with E-state index in [0.717, 1.165) is 22.2 Å². The minimum absolute atomic E-state index is 0.357. The monoisotopic (exact) mass is 353 g/mol. The summed E-state index contributed by atoms with van der Waals surface area (Å²) in [5.74, 6) is 6.54. The maximum Gasteiger partial charge on any atom is 0.241 e. The lowest BCUT2D eigenvalue weighted by Crippen LogP contribution is -2.19. The number of aromatic amines is 1. The average Bonchev–Trinajstić information content (AvgIpc) is 3.06. The molecule has 0 aliphatic rings. The van der Waals surface area contributed by atoms with Gasteiger partial charge in [-0.3, -0.25) is 10.5 Å². The first-order valence-electron chi connectivity index (χ1n) is 5.79. The summed E-state index contributed by atoms with van der Waals surface area (Å²) < 4.78 is 1.09. The number of rotatable bonds is 4. The molecule has 9 heteroatoms. The van der Waals surface area contributed by atoms with E-state index in [0.29, 0.717) is 11.6 Å². The van der Waals surface area contributed by atoms with Gasteiger partial charge in [0.2, 0.25) is 5.95 Å². The number of fused-ring (bicyclic) bond motifs is 1. The smallest absolute Gasteiger partial charge is 0.241 e. The average molecular weight is 354 g/mol. The predicted octanol–water partition coefficient (Wildman–Crippen LogP) is 2.10. The molecule has 0 unspecified atom stereocenters. The van der Waals surface area contributed by atoms with Crippen LogP contribution in [0.15, 0.2) is 22.1 Å². The van der Waals surface area contributed by atoms with Crippen molar-refractivity contribution in [2.24, 2.45) is 5.84 Å². The van der Waals surface area contributed by atoms with Crippen molar-refractivity contribution >= 4 is 50.1 Å². The minimum Gasteiger partial charge on any atom is -0.354 e. The molecule has 0 saturated heterocycles. The van der Waals surface area contributed by atoms with Crippen molar-refractivity contribution in [1.82, 2.24) is 20.2 Å². The highest BCUT2D eigenvalue weighted by atomic mass is 79.9. The van der Waals surface area contributed by atoms with Crippen LogP contribution in [0.3, 0.4) is 0 Å². The molecule has 4 N–H and O–H groups in total. The summed E-state index contributed by atoms with van der Waals surface area (Å²) in [4.78, 5) is 11.9. The van der Waals surface area contributed by atoms with Gasteiger partial charge >= 0.3 is 0 Å². The molecule has 0 saturated carbocycles. The van der Waals surface area contributed by atoms with Crippen molar-refractivity contribution in [2.45, 2.75) is 6.54 Å². The van der Waals surface area contributed by atoms with E-state index in [1.807, 2.05) is 11.9 Å². The second-order valence-electron chi connectivity index (χ2n) is 4.23. The zero-order chi connectivity index (χ0) is 14.1. The normalized spacial score (nSPS) is 10.9. The third-order valence-corrected chi connectivity index (χ3v) is 4.48. The van der Waals surface area contributed by atoms with Crippen LogP contribution in [0.2, 0.25) is 0 Å². The van der Waals surface area contributed by atoms with Gasteiger partial charge in [0, 0.05) is 21.8 Å². The van der Waals surface area contributed by atoms with E-state index in [1.54, 1.807) is 17.5 Å². The molecular formula is C11H12BrN7S. The van der Waals surface area contributed by atoms with Crippen LogP contribution in [0.4, 0.5) is 11.8 Å². The van der Waals surface area contributed by atoms with E-state index in [4.69, 9.17) is 5.84 Å². The number of H-pyrrole nitrogens is 1. The van der Waals surface area contributed by atoms with Gasteiger partial charge < -0.3 is 4.90 Å². The van der Waals surface area contributed by atoms with Crippen LogP contribution in [-0.4, -0.2) is 27.2 Å². The van der Waals surface area contributed by atoms with Gasteiger partial charge in [0.25, 0.3) is 0 Å². The maximum atomic E-state index is 5.40. The summed E-state index contributed by atoms with van der Waals surface area (Å²) in [6.45, 7) is 0.748. The molecule has 104 valence electrons. The Labute approximate surface area is 127 Å². The van der Waals surface area contributed by atoms with Crippen molar-refractivity contribution in [3.63, 3.8) is 0 Å². The first-order valence-corrected chi connectivity index (χ1v) is 7.46. The Bertz CT molecular complexity index is 737. The highest BCUT2D eigenvalue weighted by Gasteiger charge is 2.13. The number of hydrogen-bond donors (Lipinski definition) is 3. The lowest BCUT2D eigenvalue weighted by molar-refractivity contribution is 0.914. The zero-order valence-corrected chi connectivity index (χ0v) is 13.0. The lowest BCUT2D eigenvalue weighted by atomic mass is 10.3. The second-order valence-corrected chi connectivity index (χ2v) is 6.15. The molecule has 20 heavy (non-hydrogen) atoms. The van der Waals surface area contributed by atoms with Crippen LogP contribution in [0, 0.1) is 0 Å². The number of anilines is 2. The van der Waals surface area contributed by atoms with Crippen molar-refractivity contribution in [3.05, 3.63) is 27.0 Å². The molecule has 0 atom stereocenters. The Morgan fingerprint density at radius 2 is 2.35 bits per heavy atom. The van der Waals surface area contributed by atoms with Crippen molar-refractivity contribution < 1.29 is 0 Å². The number of halogens is 1. The second kappa shape index (κ2) is 5.35. The maximum absolute atomic E-state index is 5.40. The summed E-state index contributed by atoms with van der Waals surface area (Å²) in [7, 11) is 1.97. The van der Waals surface area contributed by atoms with Crippen molar-refractivity contribution in [1.29, 1.82) is 0 Å². The quantitative estimate of drug-likeness (QED) is 0.491. The standard InChI is InChI=1S/C11H12BrN7S/c1-19(4-7-2-6(12)5-20-7)10-8-3-14-18-9(8)15-11(16-10)17-13/h2-3,5H,4,13H2,1H3,(H2,14,15,16,17,18). The SMILES string of the molecule is CN(Cc1cc(Br)cs1)c1nc(NN)nc2[nH]ncc12. The molecule has 0 aliphatic heterocycles. The highest BCUT2D eigenvalue weighted by Crippen LogP contribution is 2.26. The van der Waals surface area contributed by atoms with E-state index < -0.39 is 0 Å². The highest BCUT2D eigenvalue weighted by molar-refractivity contribution is 9.10. The van der Waals surface area contributed by atoms with E-state index in [2.05, 4.69) is 53.0 Å². The molecule has 0 radical (unpaired) electrons. The summed E-state index contributed by atoms with van der Waals surface area (Å²) in [5, 5.41) is 9.75. The predicted molar refractivity (Wildman–Crippen MR) is 83.6 cm³/mol. The molecule has 0 bridgehead atoms. The Hall–Kier alpha value is -1.71. The Balaban J connectivity index is 1.97. The van der Waals surface area contributed by atoms with Gasteiger partial charge in [0.05, 0.1) is 18.1 Å². The molecule has 3 heterocycles. The Morgan fingerprint density at radius 3 is 3.05 bits per heavy atom. The number of nitrogens with zero attached hydrogens (tertiary/aromatic N) is 4. The summed E-state index contributed by atoms with van der Waals surface area (Å²) in [5.41, 5.74) is 3.13. The van der Waals surface area contributed by atoms with Gasteiger partial charge in [-0.25, -0.2) is 5.84 Å². The van der Waals surface area contributed by atoms with Gasteiger partial charge in [-0.15, -0.1) is 11.3 Å². The van der Waals surface area contributed by atoms with Gasteiger partial charge in [0.1, 0.15) is 5.82 Å². The van der Waals surface area contributed by atoms with E-state index in [9.17, 15) is 0 Å². The molecule has 3 rings (SSSR count). The number of hydrogen-bond acceptors (Lipinski definition) is 7. The first-order chi connectivity index (χ1) is 9.67. The number of nitrogen functional groups attached to an aromatic ring is 1. The van der Waals surface area contributed by atoms with Gasteiger partial charge in [-0.05, 0) is 22.0 Å². The molecular weight excluding hydrogens is 342 g/mol. The van der Waals surface area contributed by atoms with Gasteiger partial charge in [-0.1, -0.05) is 0 Å². The molecule has 0 aromatic carbocycles. The Kier molecular flexibility index (Phi) is 3.55. The minimum atomic E-state index is 0.357. The number of hydrazine groups is 1. The van der Waals surface area contributed by atoms with Crippen LogP contribution in [0.1, 0.15) is 4.88 Å². The largest absolute Gasteiger partial charge is 0.354 e. The molecule has 0 fully saturated rings. The molecule has 7 nitrogen and oxygen atoms in total. The zero-order valence-electron chi connectivity index (χ0n) is 10.6. The fourth-order valence-corrected chi connectivity index (χ4v) is 3.42. The number of thiophene rings is 1. The van der Waals surface area contributed by atoms with Gasteiger partial charge in [-0.2, -0.15) is 15.1 Å². The van der Waals surface area contributed by atoms with Crippen LogP contribution in [0.5, 0.6) is 0 Å². The number of aromatic nitrogens is 4. The molecule has 0 spiro atoms. The summed E-state index contributed by atoms with van der Waals surface area (Å²) in [6.07, 6.45) is 1.71. The van der Waals surface area contributed by atoms with Crippen LogP contribution < -0.4 is 16.2 Å². The van der Waals surface area contributed by atoms with Crippen molar-refractivity contribution in [3.8, 4) is 0 Å². The molecule has 3 aromatic rings. The van der Waals surface area contributed by atoms with E-state index in [-0.39, 0.29) is 0 Å². The topological polar surface area (TPSA) is 95.8 Å². The van der Waals surface area contributed by atoms with Crippen LogP contribution >= 0.6 is 27.3 Å². The first kappa shape index (κ1) is 13.3. The Morgan fingerprint density at radius 1 is 1.50 bits per heavy atom. The summed E-state index contributed by atoms with van der Waals surface area (Å²) in [6, 6.07) is 2.09. The number of nitrogens with two attached hydrogens (primary N) is 1. The molecule has 0 aliphatic carbocycles. The fraction of sp³-hybridized carbons (Fsp3) is 0.182. The van der Waals surface area contributed by atoms with E-state index in [1.165, 1.54) is 4.88 Å². The van der Waals surface area contributed by atoms with E-state index >= 15 is 0 Å². The number of nitrogens with one attached hydrogen (secondary N) is 2.